The molecule has 12 heavy (non-hydrogen) atoms. The molecule has 0 radical (unpaired) electrons. The van der Waals surface area contributed by atoms with Crippen LogP contribution in [0.1, 0.15) is 17.2 Å². The van der Waals surface area contributed by atoms with Gasteiger partial charge in [-0.2, -0.15) is 0 Å². The molecule has 1 atom stereocenters. The van der Waals surface area contributed by atoms with Gasteiger partial charge in [-0.05, 0) is 24.1 Å². The zero-order valence-electron chi connectivity index (χ0n) is 7.12. The minimum atomic E-state index is -0.326. The molecule has 3 heteroatoms. The number of anilines is 1. The number of aliphatic hydroxyl groups is 1. The van der Waals surface area contributed by atoms with Gasteiger partial charge in [0, 0.05) is 5.69 Å². The molecule has 0 heterocycles. The lowest BCUT2D eigenvalue weighted by molar-refractivity contribution is 0.268. The molecule has 3 nitrogen and oxygen atoms in total. The van der Waals surface area contributed by atoms with Crippen LogP contribution in [-0.2, 0) is 0 Å². The Bertz CT molecular complexity index is 273. The van der Waals surface area contributed by atoms with Crippen LogP contribution < -0.4 is 11.5 Å². The summed E-state index contributed by atoms with van der Waals surface area (Å²) < 4.78 is 0. The van der Waals surface area contributed by atoms with E-state index in [1.165, 1.54) is 0 Å². The summed E-state index contributed by atoms with van der Waals surface area (Å²) in [6, 6.07) is 5.26. The summed E-state index contributed by atoms with van der Waals surface area (Å²) in [5.74, 6) is 0. The van der Waals surface area contributed by atoms with Crippen molar-refractivity contribution in [2.24, 2.45) is 5.73 Å². The fraction of sp³-hybridized carbons (Fsp3) is 0.333. The minimum Gasteiger partial charge on any atom is -0.399 e. The van der Waals surface area contributed by atoms with Gasteiger partial charge in [0.25, 0.3) is 0 Å². The molecule has 1 rings (SSSR count). The highest BCUT2D eigenvalue weighted by Gasteiger charge is 2.04. The molecule has 0 aliphatic carbocycles. The van der Waals surface area contributed by atoms with E-state index in [1.807, 2.05) is 19.1 Å². The SMILES string of the molecule is Cc1ccc([C@@H](N)CO)cc1N. The molecule has 5 N–H and O–H groups in total. The van der Waals surface area contributed by atoms with Gasteiger partial charge in [-0.15, -0.1) is 0 Å². The Balaban J connectivity index is 2.96. The lowest BCUT2D eigenvalue weighted by atomic mass is 10.1. The maximum atomic E-state index is 8.78. The first-order valence-corrected chi connectivity index (χ1v) is 3.87. The molecular formula is C9H14N2O. The highest BCUT2D eigenvalue weighted by atomic mass is 16.3. The maximum absolute atomic E-state index is 8.78. The van der Waals surface area contributed by atoms with Crippen molar-refractivity contribution in [3.05, 3.63) is 29.3 Å². The van der Waals surface area contributed by atoms with Crippen LogP contribution in [0, 0.1) is 6.92 Å². The predicted octanol–water partition coefficient (Wildman–Crippen LogP) is 0.569. The predicted molar refractivity (Wildman–Crippen MR) is 49.6 cm³/mol. The van der Waals surface area contributed by atoms with Gasteiger partial charge in [-0.3, -0.25) is 0 Å². The topological polar surface area (TPSA) is 72.3 Å². The van der Waals surface area contributed by atoms with Crippen molar-refractivity contribution in [3.63, 3.8) is 0 Å². The van der Waals surface area contributed by atoms with E-state index in [1.54, 1.807) is 6.07 Å². The first-order chi connectivity index (χ1) is 5.65. The molecule has 0 saturated carbocycles. The molecule has 0 aliphatic rings. The number of nitrogens with two attached hydrogens (primary N) is 2. The van der Waals surface area contributed by atoms with Crippen LogP contribution in [0.2, 0.25) is 0 Å². The molecule has 0 bridgehead atoms. The monoisotopic (exact) mass is 166 g/mol. The molecule has 0 spiro atoms. The minimum absolute atomic E-state index is 0.0531. The van der Waals surface area contributed by atoms with Crippen LogP contribution in [0.25, 0.3) is 0 Å². The summed E-state index contributed by atoms with van der Waals surface area (Å²) in [5.41, 5.74) is 13.9. The van der Waals surface area contributed by atoms with Crippen molar-refractivity contribution < 1.29 is 5.11 Å². The van der Waals surface area contributed by atoms with Crippen LogP contribution in [0.4, 0.5) is 5.69 Å². The van der Waals surface area contributed by atoms with Gasteiger partial charge in [-0.25, -0.2) is 0 Å². The highest BCUT2D eigenvalue weighted by Crippen LogP contribution is 2.16. The number of hydrogen-bond acceptors (Lipinski definition) is 3. The molecule has 1 aromatic carbocycles. The zero-order chi connectivity index (χ0) is 9.14. The highest BCUT2D eigenvalue weighted by molar-refractivity contribution is 5.48. The van der Waals surface area contributed by atoms with Crippen molar-refractivity contribution in [1.29, 1.82) is 0 Å². The van der Waals surface area contributed by atoms with Crippen molar-refractivity contribution in [2.75, 3.05) is 12.3 Å². The molecule has 0 aromatic heterocycles. The van der Waals surface area contributed by atoms with E-state index in [9.17, 15) is 0 Å². The summed E-state index contributed by atoms with van der Waals surface area (Å²) in [6.45, 7) is 1.88. The lowest BCUT2D eigenvalue weighted by Crippen LogP contribution is -2.14. The maximum Gasteiger partial charge on any atom is 0.0624 e. The Morgan fingerprint density at radius 2 is 2.17 bits per heavy atom. The summed E-state index contributed by atoms with van der Waals surface area (Å²) in [6.07, 6.45) is 0. The van der Waals surface area contributed by atoms with Crippen LogP contribution in [0.3, 0.4) is 0 Å². The number of rotatable bonds is 2. The summed E-state index contributed by atoms with van der Waals surface area (Å²) in [4.78, 5) is 0. The van der Waals surface area contributed by atoms with Gasteiger partial charge >= 0.3 is 0 Å². The number of aryl methyl sites for hydroxylation is 1. The number of nitrogen functional groups attached to an aromatic ring is 1. The van der Waals surface area contributed by atoms with Crippen LogP contribution in [0.15, 0.2) is 18.2 Å². The van der Waals surface area contributed by atoms with E-state index in [0.29, 0.717) is 0 Å². The molecule has 0 aliphatic heterocycles. The van der Waals surface area contributed by atoms with E-state index in [2.05, 4.69) is 0 Å². The van der Waals surface area contributed by atoms with Gasteiger partial charge < -0.3 is 16.6 Å². The fourth-order valence-corrected chi connectivity index (χ4v) is 0.995. The van der Waals surface area contributed by atoms with Gasteiger partial charge in [0.05, 0.1) is 12.6 Å². The Labute approximate surface area is 72.0 Å². The normalized spacial score (nSPS) is 12.9. The molecule has 0 fully saturated rings. The van der Waals surface area contributed by atoms with E-state index in [-0.39, 0.29) is 12.6 Å². The Morgan fingerprint density at radius 3 is 2.67 bits per heavy atom. The van der Waals surface area contributed by atoms with E-state index < -0.39 is 0 Å². The van der Waals surface area contributed by atoms with Gasteiger partial charge in [-0.1, -0.05) is 12.1 Å². The van der Waals surface area contributed by atoms with Gasteiger partial charge in [0.15, 0.2) is 0 Å². The average Bonchev–Trinajstić information content (AvgIpc) is 2.08. The third-order valence-corrected chi connectivity index (χ3v) is 1.93. The van der Waals surface area contributed by atoms with E-state index >= 15 is 0 Å². The van der Waals surface area contributed by atoms with Gasteiger partial charge in [0.2, 0.25) is 0 Å². The molecular weight excluding hydrogens is 152 g/mol. The fourth-order valence-electron chi connectivity index (χ4n) is 0.995. The Hall–Kier alpha value is -1.06. The van der Waals surface area contributed by atoms with Crippen LogP contribution >= 0.6 is 0 Å². The lowest BCUT2D eigenvalue weighted by Gasteiger charge is -2.09. The number of aliphatic hydroxyl groups excluding tert-OH is 1. The summed E-state index contributed by atoms with van der Waals surface area (Å²) in [7, 11) is 0. The van der Waals surface area contributed by atoms with Crippen molar-refractivity contribution >= 4 is 5.69 Å². The molecule has 0 saturated heterocycles. The van der Waals surface area contributed by atoms with Gasteiger partial charge in [0.1, 0.15) is 0 Å². The summed E-state index contributed by atoms with van der Waals surface area (Å²) >= 11 is 0. The number of hydrogen-bond donors (Lipinski definition) is 3. The second kappa shape index (κ2) is 3.56. The second-order valence-corrected chi connectivity index (χ2v) is 2.91. The van der Waals surface area contributed by atoms with Crippen molar-refractivity contribution in [1.82, 2.24) is 0 Å². The first-order valence-electron chi connectivity index (χ1n) is 3.87. The van der Waals surface area contributed by atoms with Crippen molar-refractivity contribution in [3.8, 4) is 0 Å². The molecule has 0 unspecified atom stereocenters. The summed E-state index contributed by atoms with van der Waals surface area (Å²) in [5, 5.41) is 8.78. The standard InChI is InChI=1S/C9H14N2O/c1-6-2-3-7(4-8(6)10)9(11)5-12/h2-4,9,12H,5,10-11H2,1H3/t9-/m0/s1. The largest absolute Gasteiger partial charge is 0.399 e. The third-order valence-electron chi connectivity index (χ3n) is 1.93. The molecule has 1 aromatic rings. The van der Waals surface area contributed by atoms with Crippen LogP contribution in [-0.4, -0.2) is 11.7 Å². The van der Waals surface area contributed by atoms with Crippen molar-refractivity contribution in [2.45, 2.75) is 13.0 Å². The van der Waals surface area contributed by atoms with E-state index in [0.717, 1.165) is 16.8 Å². The Morgan fingerprint density at radius 1 is 1.50 bits per heavy atom. The Kier molecular flexibility index (Phi) is 2.68. The average molecular weight is 166 g/mol. The van der Waals surface area contributed by atoms with Crippen LogP contribution in [0.5, 0.6) is 0 Å². The third kappa shape index (κ3) is 1.75. The molecule has 0 amide bonds. The zero-order valence-corrected chi connectivity index (χ0v) is 7.12. The van der Waals surface area contributed by atoms with E-state index in [4.69, 9.17) is 16.6 Å². The second-order valence-electron chi connectivity index (χ2n) is 2.91. The molecule has 66 valence electrons. The smallest absolute Gasteiger partial charge is 0.0624 e. The first kappa shape index (κ1) is 9.03. The number of benzene rings is 1. The quantitative estimate of drug-likeness (QED) is 0.562.